The monoisotopic (exact) mass is 403 g/mol. The van der Waals surface area contributed by atoms with Gasteiger partial charge in [-0.15, -0.1) is 0 Å². The SMILES string of the molecule is CCCC(=O)N1N=C(c2cc(F)ccc2F)SC1(CCCN)c1ccccc1. The van der Waals surface area contributed by atoms with Gasteiger partial charge >= 0.3 is 0 Å². The van der Waals surface area contributed by atoms with Crippen LogP contribution in [0.15, 0.2) is 53.6 Å². The topological polar surface area (TPSA) is 58.7 Å². The van der Waals surface area contributed by atoms with E-state index in [1.165, 1.54) is 16.8 Å². The summed E-state index contributed by atoms with van der Waals surface area (Å²) in [6.45, 7) is 2.37. The van der Waals surface area contributed by atoms with E-state index in [4.69, 9.17) is 5.73 Å². The lowest BCUT2D eigenvalue weighted by Crippen LogP contribution is -2.41. The highest BCUT2D eigenvalue weighted by Crippen LogP contribution is 2.50. The van der Waals surface area contributed by atoms with Gasteiger partial charge < -0.3 is 5.73 Å². The third-order valence-electron chi connectivity index (χ3n) is 4.60. The molecule has 0 radical (unpaired) electrons. The Balaban J connectivity index is 2.12. The molecule has 1 amide bonds. The van der Waals surface area contributed by atoms with E-state index < -0.39 is 16.5 Å². The minimum absolute atomic E-state index is 0.0600. The normalized spacial score (nSPS) is 19.0. The van der Waals surface area contributed by atoms with Crippen LogP contribution in [-0.4, -0.2) is 22.5 Å². The van der Waals surface area contributed by atoms with Gasteiger partial charge in [-0.05, 0) is 49.6 Å². The predicted molar refractivity (Wildman–Crippen MR) is 109 cm³/mol. The van der Waals surface area contributed by atoms with Crippen LogP contribution in [0.5, 0.6) is 0 Å². The molecule has 0 aromatic heterocycles. The molecule has 4 nitrogen and oxygen atoms in total. The number of hydrogen-bond donors (Lipinski definition) is 1. The molecule has 0 aliphatic carbocycles. The van der Waals surface area contributed by atoms with E-state index >= 15 is 0 Å². The summed E-state index contributed by atoms with van der Waals surface area (Å²) >= 11 is 1.28. The summed E-state index contributed by atoms with van der Waals surface area (Å²) in [5, 5.41) is 6.22. The highest BCUT2D eigenvalue weighted by Gasteiger charge is 2.48. The average Bonchev–Trinajstić information content (AvgIpc) is 3.10. The molecule has 0 saturated heterocycles. The lowest BCUT2D eigenvalue weighted by atomic mass is 10.00. The molecule has 28 heavy (non-hydrogen) atoms. The number of nitrogens with two attached hydrogens (primary N) is 1. The number of rotatable bonds is 7. The van der Waals surface area contributed by atoms with Gasteiger partial charge in [-0.25, -0.2) is 13.8 Å². The number of nitrogens with zero attached hydrogens (tertiary/aromatic N) is 2. The van der Waals surface area contributed by atoms with Gasteiger partial charge in [-0.3, -0.25) is 4.79 Å². The average molecular weight is 403 g/mol. The molecule has 1 aliphatic heterocycles. The summed E-state index contributed by atoms with van der Waals surface area (Å²) in [5.41, 5.74) is 6.70. The molecule has 1 aliphatic rings. The smallest absolute Gasteiger partial charge is 0.244 e. The summed E-state index contributed by atoms with van der Waals surface area (Å²) in [4.78, 5) is 12.1. The zero-order valence-corrected chi connectivity index (χ0v) is 16.5. The van der Waals surface area contributed by atoms with Crippen LogP contribution in [0.4, 0.5) is 8.78 Å². The lowest BCUT2D eigenvalue weighted by molar-refractivity contribution is -0.134. The fourth-order valence-corrected chi connectivity index (χ4v) is 4.70. The zero-order chi connectivity index (χ0) is 20.1. The van der Waals surface area contributed by atoms with Crippen molar-refractivity contribution in [2.75, 3.05) is 6.54 Å². The Hall–Kier alpha value is -2.25. The molecule has 3 rings (SSSR count). The van der Waals surface area contributed by atoms with Crippen molar-refractivity contribution in [1.29, 1.82) is 0 Å². The molecule has 7 heteroatoms. The Morgan fingerprint density at radius 3 is 2.64 bits per heavy atom. The van der Waals surface area contributed by atoms with Crippen LogP contribution in [0, 0.1) is 11.6 Å². The van der Waals surface area contributed by atoms with Crippen LogP contribution in [0.1, 0.15) is 43.7 Å². The first-order valence-electron chi connectivity index (χ1n) is 9.33. The Kier molecular flexibility index (Phi) is 6.46. The van der Waals surface area contributed by atoms with Gasteiger partial charge in [0.2, 0.25) is 5.91 Å². The fourth-order valence-electron chi connectivity index (χ4n) is 3.27. The van der Waals surface area contributed by atoms with Gasteiger partial charge in [0.1, 0.15) is 21.5 Å². The van der Waals surface area contributed by atoms with Crippen molar-refractivity contribution in [1.82, 2.24) is 5.01 Å². The number of amides is 1. The molecule has 0 saturated carbocycles. The van der Waals surface area contributed by atoms with Gasteiger partial charge in [0.15, 0.2) is 0 Å². The molecule has 2 N–H and O–H groups in total. The number of hydrazone groups is 1. The van der Waals surface area contributed by atoms with Crippen molar-refractivity contribution in [3.63, 3.8) is 0 Å². The minimum atomic E-state index is -0.832. The number of carbonyl (C=O) groups is 1. The van der Waals surface area contributed by atoms with Crippen molar-refractivity contribution in [3.8, 4) is 0 Å². The molecule has 0 fully saturated rings. The van der Waals surface area contributed by atoms with E-state index in [-0.39, 0.29) is 11.5 Å². The van der Waals surface area contributed by atoms with Crippen molar-refractivity contribution < 1.29 is 13.6 Å². The van der Waals surface area contributed by atoms with Crippen LogP contribution < -0.4 is 5.73 Å². The molecule has 0 bridgehead atoms. The first-order valence-corrected chi connectivity index (χ1v) is 10.1. The Morgan fingerprint density at radius 1 is 1.21 bits per heavy atom. The number of benzene rings is 2. The maximum atomic E-state index is 14.4. The van der Waals surface area contributed by atoms with Gasteiger partial charge in [0, 0.05) is 12.0 Å². The highest BCUT2D eigenvalue weighted by atomic mass is 32.2. The molecule has 1 heterocycles. The molecular weight excluding hydrogens is 380 g/mol. The van der Waals surface area contributed by atoms with Crippen molar-refractivity contribution >= 4 is 22.7 Å². The second kappa shape index (κ2) is 8.84. The first kappa shape index (κ1) is 20.5. The number of hydrogen-bond acceptors (Lipinski definition) is 4. The molecular formula is C21H23F2N3OS. The van der Waals surface area contributed by atoms with Crippen LogP contribution in [0.2, 0.25) is 0 Å². The Morgan fingerprint density at radius 2 is 1.96 bits per heavy atom. The number of carbonyl (C=O) groups excluding carboxylic acids is 1. The third-order valence-corrected chi connectivity index (χ3v) is 6.05. The van der Waals surface area contributed by atoms with Gasteiger partial charge in [-0.1, -0.05) is 49.0 Å². The summed E-state index contributed by atoms with van der Waals surface area (Å²) in [6, 6.07) is 12.8. The Bertz CT molecular complexity index is 875. The maximum absolute atomic E-state index is 14.4. The van der Waals surface area contributed by atoms with E-state index in [2.05, 4.69) is 5.10 Å². The minimum Gasteiger partial charge on any atom is -0.330 e. The molecule has 1 atom stereocenters. The van der Waals surface area contributed by atoms with Crippen LogP contribution >= 0.6 is 11.8 Å². The van der Waals surface area contributed by atoms with E-state index in [9.17, 15) is 13.6 Å². The second-order valence-corrected chi connectivity index (χ2v) is 7.90. The molecule has 0 spiro atoms. The molecule has 148 valence electrons. The summed E-state index contributed by atoms with van der Waals surface area (Å²) in [5.74, 6) is -1.27. The molecule has 2 aromatic carbocycles. The molecule has 1 unspecified atom stereocenters. The van der Waals surface area contributed by atoms with E-state index in [1.54, 1.807) is 0 Å². The zero-order valence-electron chi connectivity index (χ0n) is 15.7. The van der Waals surface area contributed by atoms with Crippen molar-refractivity contribution in [2.45, 2.75) is 37.5 Å². The van der Waals surface area contributed by atoms with E-state index in [1.807, 2.05) is 37.3 Å². The number of halogens is 2. The number of thioether (sulfide) groups is 1. The molecule has 2 aromatic rings. The van der Waals surface area contributed by atoms with Crippen molar-refractivity contribution in [3.05, 3.63) is 71.3 Å². The van der Waals surface area contributed by atoms with E-state index in [0.717, 1.165) is 23.8 Å². The van der Waals surface area contributed by atoms with Gasteiger partial charge in [-0.2, -0.15) is 5.10 Å². The third kappa shape index (κ3) is 3.95. The largest absolute Gasteiger partial charge is 0.330 e. The van der Waals surface area contributed by atoms with Gasteiger partial charge in [0.05, 0.1) is 0 Å². The summed E-state index contributed by atoms with van der Waals surface area (Å²) in [6.07, 6.45) is 2.20. The van der Waals surface area contributed by atoms with E-state index in [0.29, 0.717) is 37.3 Å². The van der Waals surface area contributed by atoms with Crippen LogP contribution in [0.3, 0.4) is 0 Å². The lowest BCUT2D eigenvalue weighted by Gasteiger charge is -2.36. The fraction of sp³-hybridized carbons (Fsp3) is 0.333. The standard InChI is InChI=1S/C21H23F2N3OS/c1-2-7-19(27)26-21(12-6-13-24,15-8-4-3-5-9-15)28-20(25-26)17-14-16(22)10-11-18(17)23/h3-5,8-11,14H,2,6-7,12-13,24H2,1H3. The maximum Gasteiger partial charge on any atom is 0.244 e. The first-order chi connectivity index (χ1) is 13.5. The van der Waals surface area contributed by atoms with Gasteiger partial charge in [0.25, 0.3) is 0 Å². The predicted octanol–water partition coefficient (Wildman–Crippen LogP) is 4.59. The highest BCUT2D eigenvalue weighted by molar-refractivity contribution is 8.15. The quantitative estimate of drug-likeness (QED) is 0.735. The summed E-state index contributed by atoms with van der Waals surface area (Å²) in [7, 11) is 0. The van der Waals surface area contributed by atoms with Crippen LogP contribution in [0.25, 0.3) is 0 Å². The second-order valence-electron chi connectivity index (χ2n) is 6.63. The Labute approximate surface area is 167 Å². The van der Waals surface area contributed by atoms with Crippen LogP contribution in [-0.2, 0) is 9.67 Å². The van der Waals surface area contributed by atoms with Crippen molar-refractivity contribution in [2.24, 2.45) is 10.8 Å². The summed E-state index contributed by atoms with van der Waals surface area (Å²) < 4.78 is 28.2.